The Labute approximate surface area is 95.6 Å². The highest BCUT2D eigenvalue weighted by Crippen LogP contribution is 2.07. The number of nitrogens with one attached hydrogen (secondary N) is 1. The molecule has 1 heterocycles. The van der Waals surface area contributed by atoms with Gasteiger partial charge in [-0.05, 0) is 26.3 Å². The van der Waals surface area contributed by atoms with Gasteiger partial charge in [0.05, 0.1) is 10.7 Å². The van der Waals surface area contributed by atoms with Crippen molar-refractivity contribution in [3.63, 3.8) is 0 Å². The van der Waals surface area contributed by atoms with E-state index in [4.69, 9.17) is 5.11 Å². The van der Waals surface area contributed by atoms with Crippen LogP contribution < -0.4 is 5.32 Å². The standard InChI is InChI=1S/C11H20N2OS/c1-10-13-11(9-15-10)8-12-6-4-2-3-5-7-14/h9,12,14H,2-8H2,1H3. The third kappa shape index (κ3) is 5.87. The minimum atomic E-state index is 0.325. The molecule has 0 aliphatic carbocycles. The van der Waals surface area contributed by atoms with Crippen molar-refractivity contribution in [3.8, 4) is 0 Å². The zero-order chi connectivity index (χ0) is 10.9. The Balaban J connectivity index is 1.93. The lowest BCUT2D eigenvalue weighted by Gasteiger charge is -2.02. The number of rotatable bonds is 8. The third-order valence-corrected chi connectivity index (χ3v) is 3.06. The molecular weight excluding hydrogens is 208 g/mol. The molecule has 0 saturated carbocycles. The van der Waals surface area contributed by atoms with Crippen molar-refractivity contribution in [2.75, 3.05) is 13.2 Å². The summed E-state index contributed by atoms with van der Waals surface area (Å²) in [6.45, 7) is 4.28. The molecule has 3 nitrogen and oxygen atoms in total. The SMILES string of the molecule is Cc1nc(CNCCCCCCO)cs1. The number of unbranched alkanes of at least 4 members (excludes halogenated alkanes) is 3. The van der Waals surface area contributed by atoms with Crippen molar-refractivity contribution in [3.05, 3.63) is 16.1 Å². The fraction of sp³-hybridized carbons (Fsp3) is 0.727. The monoisotopic (exact) mass is 228 g/mol. The van der Waals surface area contributed by atoms with Gasteiger partial charge < -0.3 is 10.4 Å². The van der Waals surface area contributed by atoms with Crippen molar-refractivity contribution in [1.82, 2.24) is 10.3 Å². The van der Waals surface area contributed by atoms with Crippen LogP contribution in [0.5, 0.6) is 0 Å². The maximum atomic E-state index is 8.60. The van der Waals surface area contributed by atoms with Gasteiger partial charge in [0.25, 0.3) is 0 Å². The van der Waals surface area contributed by atoms with Gasteiger partial charge in [0, 0.05) is 18.5 Å². The lowest BCUT2D eigenvalue weighted by Crippen LogP contribution is -2.14. The van der Waals surface area contributed by atoms with Crippen molar-refractivity contribution in [1.29, 1.82) is 0 Å². The van der Waals surface area contributed by atoms with Gasteiger partial charge in [-0.3, -0.25) is 0 Å². The van der Waals surface area contributed by atoms with Gasteiger partial charge in [-0.25, -0.2) is 4.98 Å². The van der Waals surface area contributed by atoms with Gasteiger partial charge in [0.15, 0.2) is 0 Å². The Hall–Kier alpha value is -0.450. The lowest BCUT2D eigenvalue weighted by atomic mass is 10.2. The molecule has 0 aliphatic rings. The second kappa shape index (κ2) is 7.79. The summed E-state index contributed by atoms with van der Waals surface area (Å²) >= 11 is 1.70. The van der Waals surface area contributed by atoms with E-state index in [9.17, 15) is 0 Å². The number of thiazole rings is 1. The Kier molecular flexibility index (Phi) is 6.55. The summed E-state index contributed by atoms with van der Waals surface area (Å²) in [5, 5.41) is 15.2. The highest BCUT2D eigenvalue weighted by molar-refractivity contribution is 7.09. The van der Waals surface area contributed by atoms with Crippen molar-refractivity contribution < 1.29 is 5.11 Å². The van der Waals surface area contributed by atoms with E-state index in [1.165, 1.54) is 12.8 Å². The number of aryl methyl sites for hydroxylation is 1. The minimum Gasteiger partial charge on any atom is -0.396 e. The molecule has 0 aliphatic heterocycles. The van der Waals surface area contributed by atoms with Crippen LogP contribution in [-0.2, 0) is 6.54 Å². The molecule has 0 amide bonds. The first kappa shape index (κ1) is 12.6. The van der Waals surface area contributed by atoms with Crippen LogP contribution in [0.1, 0.15) is 36.4 Å². The molecule has 0 unspecified atom stereocenters. The summed E-state index contributed by atoms with van der Waals surface area (Å²) in [6.07, 6.45) is 4.45. The van der Waals surface area contributed by atoms with E-state index in [2.05, 4.69) is 15.7 Å². The van der Waals surface area contributed by atoms with E-state index in [-0.39, 0.29) is 0 Å². The Morgan fingerprint density at radius 3 is 2.80 bits per heavy atom. The van der Waals surface area contributed by atoms with Gasteiger partial charge in [-0.1, -0.05) is 12.8 Å². The topological polar surface area (TPSA) is 45.2 Å². The molecular formula is C11H20N2OS. The Bertz CT molecular complexity index is 263. The molecule has 0 fully saturated rings. The molecule has 86 valence electrons. The fourth-order valence-corrected chi connectivity index (χ4v) is 2.03. The van der Waals surface area contributed by atoms with Crippen LogP contribution in [0, 0.1) is 6.92 Å². The van der Waals surface area contributed by atoms with Crippen molar-refractivity contribution in [2.24, 2.45) is 0 Å². The predicted octanol–water partition coefficient (Wildman–Crippen LogP) is 2.09. The summed E-state index contributed by atoms with van der Waals surface area (Å²) in [5.74, 6) is 0. The molecule has 1 aromatic rings. The second-order valence-electron chi connectivity index (χ2n) is 3.67. The lowest BCUT2D eigenvalue weighted by molar-refractivity contribution is 0.282. The van der Waals surface area contributed by atoms with Crippen LogP contribution >= 0.6 is 11.3 Å². The molecule has 0 radical (unpaired) electrons. The van der Waals surface area contributed by atoms with Crippen LogP contribution in [0.2, 0.25) is 0 Å². The smallest absolute Gasteiger partial charge is 0.0897 e. The molecule has 1 rings (SSSR count). The Morgan fingerprint density at radius 1 is 1.33 bits per heavy atom. The number of aromatic nitrogens is 1. The van der Waals surface area contributed by atoms with Crippen molar-refractivity contribution in [2.45, 2.75) is 39.2 Å². The molecule has 15 heavy (non-hydrogen) atoms. The second-order valence-corrected chi connectivity index (χ2v) is 4.73. The van der Waals surface area contributed by atoms with E-state index in [1.807, 2.05) is 6.92 Å². The van der Waals surface area contributed by atoms with Crippen LogP contribution in [0.25, 0.3) is 0 Å². The quantitative estimate of drug-likeness (QED) is 0.670. The number of aliphatic hydroxyl groups is 1. The first-order chi connectivity index (χ1) is 7.33. The summed E-state index contributed by atoms with van der Waals surface area (Å²) in [4.78, 5) is 4.38. The number of nitrogens with zero attached hydrogens (tertiary/aromatic N) is 1. The highest BCUT2D eigenvalue weighted by atomic mass is 32.1. The van der Waals surface area contributed by atoms with Gasteiger partial charge >= 0.3 is 0 Å². The summed E-state index contributed by atoms with van der Waals surface area (Å²) < 4.78 is 0. The zero-order valence-corrected chi connectivity index (χ0v) is 10.1. The van der Waals surface area contributed by atoms with Crippen LogP contribution in [0.15, 0.2) is 5.38 Å². The largest absolute Gasteiger partial charge is 0.396 e. The average Bonchev–Trinajstić information content (AvgIpc) is 2.63. The van der Waals surface area contributed by atoms with E-state index < -0.39 is 0 Å². The van der Waals surface area contributed by atoms with Crippen LogP contribution in [0.3, 0.4) is 0 Å². The maximum Gasteiger partial charge on any atom is 0.0897 e. The number of hydrogen-bond acceptors (Lipinski definition) is 4. The number of hydrogen-bond donors (Lipinski definition) is 2. The van der Waals surface area contributed by atoms with Gasteiger partial charge in [0.1, 0.15) is 0 Å². The van der Waals surface area contributed by atoms with E-state index in [0.717, 1.165) is 36.6 Å². The molecule has 0 aromatic carbocycles. The molecule has 0 spiro atoms. The molecule has 0 bridgehead atoms. The van der Waals surface area contributed by atoms with Crippen molar-refractivity contribution >= 4 is 11.3 Å². The minimum absolute atomic E-state index is 0.325. The Morgan fingerprint density at radius 2 is 2.13 bits per heavy atom. The third-order valence-electron chi connectivity index (χ3n) is 2.23. The molecule has 2 N–H and O–H groups in total. The predicted molar refractivity (Wildman–Crippen MR) is 64.1 cm³/mol. The molecule has 1 aromatic heterocycles. The van der Waals surface area contributed by atoms with Gasteiger partial charge in [0.2, 0.25) is 0 Å². The van der Waals surface area contributed by atoms with E-state index in [0.29, 0.717) is 6.61 Å². The normalized spacial score (nSPS) is 10.8. The first-order valence-corrected chi connectivity index (χ1v) is 6.43. The van der Waals surface area contributed by atoms with Crippen LogP contribution in [-0.4, -0.2) is 23.2 Å². The summed E-state index contributed by atoms with van der Waals surface area (Å²) in [7, 11) is 0. The van der Waals surface area contributed by atoms with Gasteiger partial charge in [-0.15, -0.1) is 11.3 Å². The van der Waals surface area contributed by atoms with E-state index in [1.54, 1.807) is 11.3 Å². The molecule has 0 atom stereocenters. The maximum absolute atomic E-state index is 8.60. The van der Waals surface area contributed by atoms with E-state index >= 15 is 0 Å². The molecule has 4 heteroatoms. The fourth-order valence-electron chi connectivity index (χ4n) is 1.42. The summed E-state index contributed by atoms with van der Waals surface area (Å²) in [6, 6.07) is 0. The van der Waals surface area contributed by atoms with Crippen LogP contribution in [0.4, 0.5) is 0 Å². The number of aliphatic hydroxyl groups excluding tert-OH is 1. The average molecular weight is 228 g/mol. The molecule has 0 saturated heterocycles. The van der Waals surface area contributed by atoms with Gasteiger partial charge in [-0.2, -0.15) is 0 Å². The first-order valence-electron chi connectivity index (χ1n) is 5.55. The summed E-state index contributed by atoms with van der Waals surface area (Å²) in [5.41, 5.74) is 1.15. The zero-order valence-electron chi connectivity index (χ0n) is 9.33. The highest BCUT2D eigenvalue weighted by Gasteiger charge is 1.96.